The summed E-state index contributed by atoms with van der Waals surface area (Å²) < 4.78 is 8.17. The number of rotatable bonds is 4. The highest BCUT2D eigenvalue weighted by molar-refractivity contribution is 9.10. The molecule has 0 saturated carbocycles. The molecule has 1 fully saturated rings. The van der Waals surface area contributed by atoms with Crippen LogP contribution in [0.5, 0.6) is 0 Å². The van der Waals surface area contributed by atoms with Gasteiger partial charge in [0, 0.05) is 10.0 Å². The van der Waals surface area contributed by atoms with Crippen molar-refractivity contribution >= 4 is 37.5 Å². The lowest BCUT2D eigenvalue weighted by molar-refractivity contribution is 0.224. The van der Waals surface area contributed by atoms with Gasteiger partial charge in [0.25, 0.3) is 0 Å². The minimum absolute atomic E-state index is 0.323. The first kappa shape index (κ1) is 17.0. The molecule has 4 aromatic rings. The Balaban J connectivity index is 1.37. The van der Waals surface area contributed by atoms with Gasteiger partial charge in [-0.25, -0.2) is 4.98 Å². The molecule has 0 radical (unpaired) electrons. The maximum absolute atomic E-state index is 5.93. The topological polar surface area (TPSA) is 55.1 Å². The van der Waals surface area contributed by atoms with Crippen molar-refractivity contribution in [2.75, 3.05) is 6.54 Å². The zero-order valence-electron chi connectivity index (χ0n) is 14.5. The Labute approximate surface area is 169 Å². The monoisotopic (exact) mass is 440 g/mol. The van der Waals surface area contributed by atoms with Crippen molar-refractivity contribution in [3.63, 3.8) is 0 Å². The molecule has 0 aliphatic carbocycles. The number of likely N-dealkylation sites (tertiary alicyclic amines) is 1. The van der Waals surface area contributed by atoms with Gasteiger partial charge in [-0.1, -0.05) is 34.1 Å². The van der Waals surface area contributed by atoms with Crippen LogP contribution in [-0.2, 0) is 6.54 Å². The number of hydrogen-bond acceptors (Lipinski definition) is 6. The molecule has 0 bridgehead atoms. The van der Waals surface area contributed by atoms with Crippen LogP contribution in [-0.4, -0.2) is 26.6 Å². The fourth-order valence-electron chi connectivity index (χ4n) is 3.56. The SMILES string of the molecule is Brc1cccc(-c2nnc(CN3CCCC3c3nc4ccccc4s3)o2)c1. The third kappa shape index (κ3) is 3.42. The molecule has 1 atom stereocenters. The zero-order chi connectivity index (χ0) is 18.2. The normalized spacial score (nSPS) is 17.7. The minimum Gasteiger partial charge on any atom is -0.419 e. The Morgan fingerprint density at radius 2 is 2.07 bits per heavy atom. The van der Waals surface area contributed by atoms with E-state index in [0.29, 0.717) is 24.4 Å². The van der Waals surface area contributed by atoms with Crippen molar-refractivity contribution in [3.8, 4) is 11.5 Å². The maximum Gasteiger partial charge on any atom is 0.247 e. The van der Waals surface area contributed by atoms with Crippen molar-refractivity contribution in [3.05, 3.63) is 63.9 Å². The quantitative estimate of drug-likeness (QED) is 0.422. The van der Waals surface area contributed by atoms with Gasteiger partial charge in [0.15, 0.2) is 0 Å². The third-order valence-electron chi connectivity index (χ3n) is 4.84. The summed E-state index contributed by atoms with van der Waals surface area (Å²) in [5.41, 5.74) is 2.01. The van der Waals surface area contributed by atoms with Crippen molar-refractivity contribution in [1.29, 1.82) is 0 Å². The number of halogens is 1. The average Bonchev–Trinajstić information content (AvgIpc) is 3.41. The lowest BCUT2D eigenvalue weighted by Crippen LogP contribution is -2.22. The van der Waals surface area contributed by atoms with Gasteiger partial charge in [-0.15, -0.1) is 21.5 Å². The smallest absolute Gasteiger partial charge is 0.247 e. The first-order valence-electron chi connectivity index (χ1n) is 8.94. The van der Waals surface area contributed by atoms with Gasteiger partial charge in [-0.05, 0) is 49.7 Å². The molecule has 1 aliphatic heterocycles. The molecule has 1 unspecified atom stereocenters. The van der Waals surface area contributed by atoms with E-state index in [2.05, 4.69) is 49.2 Å². The molecule has 27 heavy (non-hydrogen) atoms. The van der Waals surface area contributed by atoms with Crippen LogP contribution in [0.1, 0.15) is 29.8 Å². The first-order valence-corrected chi connectivity index (χ1v) is 10.5. The molecule has 5 nitrogen and oxygen atoms in total. The molecule has 5 rings (SSSR count). The predicted octanol–water partition coefficient (Wildman–Crippen LogP) is 5.45. The van der Waals surface area contributed by atoms with E-state index in [0.717, 1.165) is 34.9 Å². The fraction of sp³-hybridized carbons (Fsp3) is 0.250. The van der Waals surface area contributed by atoms with Gasteiger partial charge in [0.05, 0.1) is 22.8 Å². The van der Waals surface area contributed by atoms with Crippen LogP contribution in [0, 0.1) is 0 Å². The summed E-state index contributed by atoms with van der Waals surface area (Å²) in [7, 11) is 0. The zero-order valence-corrected chi connectivity index (χ0v) is 16.9. The lowest BCUT2D eigenvalue weighted by atomic mass is 10.2. The van der Waals surface area contributed by atoms with E-state index >= 15 is 0 Å². The summed E-state index contributed by atoms with van der Waals surface area (Å²) in [6, 6.07) is 16.6. The van der Waals surface area contributed by atoms with E-state index in [4.69, 9.17) is 9.40 Å². The summed E-state index contributed by atoms with van der Waals surface area (Å²) in [6.07, 6.45) is 2.28. The molecule has 1 saturated heterocycles. The summed E-state index contributed by atoms with van der Waals surface area (Å²) in [5, 5.41) is 9.67. The molecular weight excluding hydrogens is 424 g/mol. The number of fused-ring (bicyclic) bond motifs is 1. The van der Waals surface area contributed by atoms with Gasteiger partial charge < -0.3 is 4.42 Å². The highest BCUT2D eigenvalue weighted by Crippen LogP contribution is 2.37. The van der Waals surface area contributed by atoms with E-state index in [1.807, 2.05) is 30.3 Å². The number of hydrogen-bond donors (Lipinski definition) is 0. The summed E-state index contributed by atoms with van der Waals surface area (Å²) in [5.74, 6) is 1.21. The number of para-hydroxylation sites is 1. The van der Waals surface area contributed by atoms with Crippen LogP contribution in [0.4, 0.5) is 0 Å². The van der Waals surface area contributed by atoms with Crippen LogP contribution in [0.2, 0.25) is 0 Å². The van der Waals surface area contributed by atoms with E-state index in [1.165, 1.54) is 9.71 Å². The second-order valence-electron chi connectivity index (χ2n) is 6.66. The molecule has 7 heteroatoms. The van der Waals surface area contributed by atoms with Crippen LogP contribution in [0.15, 0.2) is 57.4 Å². The van der Waals surface area contributed by atoms with E-state index in [1.54, 1.807) is 11.3 Å². The highest BCUT2D eigenvalue weighted by Gasteiger charge is 2.30. The molecule has 0 amide bonds. The largest absolute Gasteiger partial charge is 0.419 e. The third-order valence-corrected chi connectivity index (χ3v) is 6.47. The Morgan fingerprint density at radius 3 is 2.96 bits per heavy atom. The Morgan fingerprint density at radius 1 is 1.15 bits per heavy atom. The summed E-state index contributed by atoms with van der Waals surface area (Å²) >= 11 is 5.27. The Hall–Kier alpha value is -2.09. The summed E-state index contributed by atoms with van der Waals surface area (Å²) in [4.78, 5) is 7.25. The summed E-state index contributed by atoms with van der Waals surface area (Å²) in [6.45, 7) is 1.68. The number of nitrogens with zero attached hydrogens (tertiary/aromatic N) is 4. The van der Waals surface area contributed by atoms with Gasteiger partial charge >= 0.3 is 0 Å². The van der Waals surface area contributed by atoms with Crippen molar-refractivity contribution in [1.82, 2.24) is 20.1 Å². The van der Waals surface area contributed by atoms with Crippen molar-refractivity contribution < 1.29 is 4.42 Å². The number of thiazole rings is 1. The first-order chi connectivity index (χ1) is 13.3. The number of aromatic nitrogens is 3. The Bertz CT molecular complexity index is 1060. The van der Waals surface area contributed by atoms with Crippen LogP contribution in [0.25, 0.3) is 21.7 Å². The molecule has 0 N–H and O–H groups in total. The standard InChI is InChI=1S/C20H17BrN4OS/c21-14-6-3-5-13(11-14)19-24-23-18(26-19)12-25-10-4-8-16(25)20-22-15-7-1-2-9-17(15)27-20/h1-3,5-7,9,11,16H,4,8,10,12H2. The Kier molecular flexibility index (Phi) is 4.51. The van der Waals surface area contributed by atoms with Gasteiger partial charge in [0.1, 0.15) is 5.01 Å². The average molecular weight is 441 g/mol. The molecule has 136 valence electrons. The molecule has 3 heterocycles. The van der Waals surface area contributed by atoms with Crippen LogP contribution in [0.3, 0.4) is 0 Å². The lowest BCUT2D eigenvalue weighted by Gasteiger charge is -2.20. The van der Waals surface area contributed by atoms with Crippen molar-refractivity contribution in [2.24, 2.45) is 0 Å². The second-order valence-corrected chi connectivity index (χ2v) is 8.64. The predicted molar refractivity (Wildman–Crippen MR) is 109 cm³/mol. The molecular formula is C20H17BrN4OS. The second kappa shape index (κ2) is 7.14. The van der Waals surface area contributed by atoms with Gasteiger partial charge in [0.2, 0.25) is 11.8 Å². The van der Waals surface area contributed by atoms with E-state index in [-0.39, 0.29) is 0 Å². The number of benzene rings is 2. The van der Waals surface area contributed by atoms with Gasteiger partial charge in [-0.3, -0.25) is 4.90 Å². The maximum atomic E-state index is 5.93. The van der Waals surface area contributed by atoms with Crippen molar-refractivity contribution in [2.45, 2.75) is 25.4 Å². The molecule has 2 aromatic carbocycles. The molecule has 1 aliphatic rings. The van der Waals surface area contributed by atoms with E-state index < -0.39 is 0 Å². The fourth-order valence-corrected chi connectivity index (χ4v) is 5.09. The molecule has 2 aromatic heterocycles. The van der Waals surface area contributed by atoms with E-state index in [9.17, 15) is 0 Å². The molecule has 0 spiro atoms. The van der Waals surface area contributed by atoms with Gasteiger partial charge in [-0.2, -0.15) is 0 Å². The van der Waals surface area contributed by atoms with Crippen LogP contribution < -0.4 is 0 Å². The highest BCUT2D eigenvalue weighted by atomic mass is 79.9. The minimum atomic E-state index is 0.323. The van der Waals surface area contributed by atoms with Crippen LogP contribution >= 0.6 is 27.3 Å².